The Labute approximate surface area is 107 Å². The number of carboxylic acid groups (broad SMARTS) is 1. The first-order valence-corrected chi connectivity index (χ1v) is 7.36. The minimum atomic E-state index is -3.80. The van der Waals surface area contributed by atoms with Crippen LogP contribution in [0.3, 0.4) is 0 Å². The van der Waals surface area contributed by atoms with Crippen LogP contribution in [0.15, 0.2) is 30.3 Å². The zero-order chi connectivity index (χ0) is 13.6. The SMILES string of the molecule is CCCC(NS(=O)(=O)CC(=O)O)c1ccccc1. The van der Waals surface area contributed by atoms with Crippen molar-refractivity contribution < 1.29 is 18.3 Å². The van der Waals surface area contributed by atoms with Crippen molar-refractivity contribution >= 4 is 16.0 Å². The zero-order valence-electron chi connectivity index (χ0n) is 10.2. The van der Waals surface area contributed by atoms with Gasteiger partial charge in [0.25, 0.3) is 0 Å². The maximum absolute atomic E-state index is 11.6. The average molecular weight is 271 g/mol. The van der Waals surface area contributed by atoms with Crippen LogP contribution in [0.25, 0.3) is 0 Å². The van der Waals surface area contributed by atoms with Gasteiger partial charge in [-0.15, -0.1) is 0 Å². The molecule has 0 spiro atoms. The van der Waals surface area contributed by atoms with Gasteiger partial charge in [0.2, 0.25) is 10.0 Å². The number of benzene rings is 1. The number of hydrogen-bond donors (Lipinski definition) is 2. The van der Waals surface area contributed by atoms with E-state index in [0.29, 0.717) is 6.42 Å². The summed E-state index contributed by atoms with van der Waals surface area (Å²) in [4.78, 5) is 10.5. The van der Waals surface area contributed by atoms with Gasteiger partial charge in [0.15, 0.2) is 5.75 Å². The highest BCUT2D eigenvalue weighted by molar-refractivity contribution is 7.90. The van der Waals surface area contributed by atoms with E-state index in [4.69, 9.17) is 5.11 Å². The first-order chi connectivity index (χ1) is 8.44. The highest BCUT2D eigenvalue weighted by atomic mass is 32.2. The van der Waals surface area contributed by atoms with E-state index in [1.54, 1.807) is 0 Å². The number of rotatable bonds is 7. The Hall–Kier alpha value is -1.40. The maximum Gasteiger partial charge on any atom is 0.320 e. The molecule has 0 aromatic heterocycles. The molecule has 0 saturated heterocycles. The Morgan fingerprint density at radius 3 is 2.44 bits per heavy atom. The van der Waals surface area contributed by atoms with E-state index in [9.17, 15) is 13.2 Å². The molecule has 1 aromatic carbocycles. The molecule has 0 aliphatic rings. The topological polar surface area (TPSA) is 83.5 Å². The first kappa shape index (κ1) is 14.7. The molecule has 0 bridgehead atoms. The smallest absolute Gasteiger partial charge is 0.320 e. The van der Waals surface area contributed by atoms with E-state index in [2.05, 4.69) is 4.72 Å². The standard InChI is InChI=1S/C12H17NO4S/c1-2-6-11(10-7-4-3-5-8-10)13-18(16,17)9-12(14)15/h3-5,7-8,11,13H,2,6,9H2,1H3,(H,14,15). The van der Waals surface area contributed by atoms with E-state index in [1.165, 1.54) is 0 Å². The maximum atomic E-state index is 11.6. The molecule has 0 heterocycles. The summed E-state index contributed by atoms with van der Waals surface area (Å²) in [5, 5.41) is 8.54. The molecule has 1 atom stereocenters. The molecule has 1 unspecified atom stereocenters. The van der Waals surface area contributed by atoms with Crippen molar-refractivity contribution in [3.63, 3.8) is 0 Å². The third kappa shape index (κ3) is 4.85. The van der Waals surface area contributed by atoms with Crippen molar-refractivity contribution in [1.82, 2.24) is 4.72 Å². The lowest BCUT2D eigenvalue weighted by Crippen LogP contribution is -2.33. The van der Waals surface area contributed by atoms with Crippen LogP contribution in [-0.2, 0) is 14.8 Å². The summed E-state index contributed by atoms with van der Waals surface area (Å²) in [5.41, 5.74) is 0.841. The fourth-order valence-electron chi connectivity index (χ4n) is 1.69. The molecular weight excluding hydrogens is 254 g/mol. The number of aliphatic carboxylic acids is 1. The molecule has 1 rings (SSSR count). The largest absolute Gasteiger partial charge is 0.480 e. The van der Waals surface area contributed by atoms with E-state index < -0.39 is 21.7 Å². The fourth-order valence-corrected chi connectivity index (χ4v) is 2.78. The minimum Gasteiger partial charge on any atom is -0.480 e. The van der Waals surface area contributed by atoms with Crippen LogP contribution in [0.1, 0.15) is 31.4 Å². The van der Waals surface area contributed by atoms with Crippen molar-refractivity contribution in [1.29, 1.82) is 0 Å². The average Bonchev–Trinajstić information content (AvgIpc) is 2.27. The van der Waals surface area contributed by atoms with Crippen molar-refractivity contribution in [2.75, 3.05) is 5.75 Å². The summed E-state index contributed by atoms with van der Waals surface area (Å²) in [6.07, 6.45) is 1.43. The van der Waals surface area contributed by atoms with Crippen LogP contribution >= 0.6 is 0 Å². The predicted molar refractivity (Wildman–Crippen MR) is 68.6 cm³/mol. The van der Waals surface area contributed by atoms with Gasteiger partial charge >= 0.3 is 5.97 Å². The molecule has 0 aliphatic heterocycles. The van der Waals surface area contributed by atoms with Gasteiger partial charge < -0.3 is 5.11 Å². The van der Waals surface area contributed by atoms with E-state index in [1.807, 2.05) is 37.3 Å². The highest BCUT2D eigenvalue weighted by Crippen LogP contribution is 2.19. The van der Waals surface area contributed by atoms with Crippen molar-refractivity contribution in [2.45, 2.75) is 25.8 Å². The number of nitrogens with one attached hydrogen (secondary N) is 1. The second-order valence-electron chi connectivity index (χ2n) is 4.02. The summed E-state index contributed by atoms with van der Waals surface area (Å²) < 4.78 is 25.6. The van der Waals surface area contributed by atoms with E-state index in [-0.39, 0.29) is 6.04 Å². The number of sulfonamides is 1. The predicted octanol–water partition coefficient (Wildman–Crippen LogP) is 1.53. The van der Waals surface area contributed by atoms with Gasteiger partial charge in [-0.2, -0.15) is 0 Å². The Morgan fingerprint density at radius 1 is 1.33 bits per heavy atom. The first-order valence-electron chi connectivity index (χ1n) is 5.71. The molecule has 100 valence electrons. The van der Waals surface area contributed by atoms with E-state index in [0.717, 1.165) is 12.0 Å². The molecule has 6 heteroatoms. The van der Waals surface area contributed by atoms with Crippen LogP contribution in [-0.4, -0.2) is 25.2 Å². The monoisotopic (exact) mass is 271 g/mol. The van der Waals surface area contributed by atoms with Crippen LogP contribution in [0.2, 0.25) is 0 Å². The van der Waals surface area contributed by atoms with Gasteiger partial charge in [-0.25, -0.2) is 13.1 Å². The number of carboxylic acids is 1. The number of carbonyl (C=O) groups is 1. The van der Waals surface area contributed by atoms with Gasteiger partial charge in [-0.3, -0.25) is 4.79 Å². The van der Waals surface area contributed by atoms with Crippen molar-refractivity contribution in [3.05, 3.63) is 35.9 Å². The summed E-state index contributed by atoms with van der Waals surface area (Å²) in [5.74, 6) is -2.26. The minimum absolute atomic E-state index is 0.374. The molecule has 2 N–H and O–H groups in total. The van der Waals surface area contributed by atoms with Crippen LogP contribution in [0.5, 0.6) is 0 Å². The number of hydrogen-bond acceptors (Lipinski definition) is 3. The molecule has 0 fully saturated rings. The van der Waals surface area contributed by atoms with Crippen LogP contribution in [0, 0.1) is 0 Å². The second kappa shape index (κ2) is 6.51. The molecule has 5 nitrogen and oxygen atoms in total. The van der Waals surface area contributed by atoms with Gasteiger partial charge in [0.05, 0.1) is 0 Å². The summed E-state index contributed by atoms with van der Waals surface area (Å²) in [6, 6.07) is 8.76. The lowest BCUT2D eigenvalue weighted by atomic mass is 10.0. The third-order valence-electron chi connectivity index (χ3n) is 2.41. The normalized spacial score (nSPS) is 13.2. The Bertz CT molecular complexity index is 484. The summed E-state index contributed by atoms with van der Waals surface area (Å²) in [6.45, 7) is 1.95. The van der Waals surface area contributed by atoms with Crippen LogP contribution < -0.4 is 4.72 Å². The van der Waals surface area contributed by atoms with Crippen LogP contribution in [0.4, 0.5) is 0 Å². The zero-order valence-corrected chi connectivity index (χ0v) is 11.0. The summed E-state index contributed by atoms with van der Waals surface area (Å²) >= 11 is 0. The van der Waals surface area contributed by atoms with E-state index >= 15 is 0 Å². The van der Waals surface area contributed by atoms with Gasteiger partial charge in [-0.1, -0.05) is 43.7 Å². The third-order valence-corrected chi connectivity index (χ3v) is 3.69. The molecule has 0 saturated carbocycles. The lowest BCUT2D eigenvalue weighted by Gasteiger charge is -2.17. The molecular formula is C12H17NO4S. The molecule has 1 aromatic rings. The molecule has 0 aliphatic carbocycles. The quantitative estimate of drug-likeness (QED) is 0.787. The fraction of sp³-hybridized carbons (Fsp3) is 0.417. The van der Waals surface area contributed by atoms with Crippen molar-refractivity contribution in [3.8, 4) is 0 Å². The Morgan fingerprint density at radius 2 is 1.94 bits per heavy atom. The molecule has 18 heavy (non-hydrogen) atoms. The Balaban J connectivity index is 2.85. The molecule has 0 radical (unpaired) electrons. The lowest BCUT2D eigenvalue weighted by molar-refractivity contribution is -0.134. The molecule has 0 amide bonds. The van der Waals surface area contributed by atoms with Crippen molar-refractivity contribution in [2.24, 2.45) is 0 Å². The van der Waals surface area contributed by atoms with Gasteiger partial charge in [0.1, 0.15) is 0 Å². The summed E-state index contributed by atoms with van der Waals surface area (Å²) in [7, 11) is -3.80. The second-order valence-corrected chi connectivity index (χ2v) is 5.78. The highest BCUT2D eigenvalue weighted by Gasteiger charge is 2.21. The van der Waals surface area contributed by atoms with Gasteiger partial charge in [-0.05, 0) is 12.0 Å². The Kier molecular flexibility index (Phi) is 5.30. The van der Waals surface area contributed by atoms with Gasteiger partial charge in [0, 0.05) is 6.04 Å².